The van der Waals surface area contributed by atoms with Crippen molar-refractivity contribution in [1.29, 1.82) is 0 Å². The van der Waals surface area contributed by atoms with E-state index in [2.05, 4.69) is 20.3 Å². The van der Waals surface area contributed by atoms with E-state index < -0.39 is 17.4 Å². The fourth-order valence-corrected chi connectivity index (χ4v) is 4.38. The molecule has 12 nitrogen and oxygen atoms in total. The predicted octanol–water partition coefficient (Wildman–Crippen LogP) is 3.02. The van der Waals surface area contributed by atoms with Crippen LogP contribution in [0.2, 0.25) is 0 Å². The quantitative estimate of drug-likeness (QED) is 0.266. The maximum absolute atomic E-state index is 13.9. The Morgan fingerprint density at radius 2 is 1.74 bits per heavy atom. The predicted molar refractivity (Wildman–Crippen MR) is 162 cm³/mol. The number of anilines is 3. The molecule has 0 aliphatic rings. The van der Waals surface area contributed by atoms with Gasteiger partial charge in [0.05, 0.1) is 11.4 Å². The minimum absolute atomic E-state index is 0.0720. The van der Waals surface area contributed by atoms with Gasteiger partial charge in [-0.05, 0) is 68.7 Å². The Morgan fingerprint density at radius 1 is 0.977 bits per heavy atom. The number of halogens is 1. The van der Waals surface area contributed by atoms with Crippen LogP contribution in [-0.2, 0) is 4.79 Å². The smallest absolute Gasteiger partial charge is 0.339 e. The molecule has 3 aromatic heterocycles. The Morgan fingerprint density at radius 3 is 2.47 bits per heavy atom. The fourth-order valence-electron chi connectivity index (χ4n) is 4.38. The molecule has 0 unspecified atom stereocenters. The Balaban J connectivity index is 1.52. The first-order chi connectivity index (χ1) is 20.7. The zero-order valence-corrected chi connectivity index (χ0v) is 23.6. The lowest BCUT2D eigenvalue weighted by Gasteiger charge is -2.16. The van der Waals surface area contributed by atoms with Crippen LogP contribution in [0.5, 0.6) is 0 Å². The number of rotatable bonds is 8. The molecule has 5 aromatic rings. The van der Waals surface area contributed by atoms with Crippen LogP contribution in [0.1, 0.15) is 10.4 Å². The van der Waals surface area contributed by atoms with E-state index in [-0.39, 0.29) is 34.3 Å². The molecule has 0 fully saturated rings. The average Bonchev–Trinajstić information content (AvgIpc) is 3.30. The Kier molecular flexibility index (Phi) is 8.07. The van der Waals surface area contributed by atoms with Crippen molar-refractivity contribution < 1.29 is 14.0 Å². The number of nitrogens with one attached hydrogen (secondary N) is 1. The van der Waals surface area contributed by atoms with Gasteiger partial charge in [-0.1, -0.05) is 12.1 Å². The van der Waals surface area contributed by atoms with Crippen LogP contribution in [0, 0.1) is 5.82 Å². The Bertz CT molecular complexity index is 1910. The minimum Gasteiger partial charge on any atom is -0.382 e. The summed E-state index contributed by atoms with van der Waals surface area (Å²) in [5.41, 5.74) is 7.87. The molecule has 0 bridgehead atoms. The number of fused-ring (bicyclic) bond motifs is 1. The van der Waals surface area contributed by atoms with Gasteiger partial charge in [0.25, 0.3) is 5.91 Å². The summed E-state index contributed by atoms with van der Waals surface area (Å²) in [7, 11) is 5.46. The molecular formula is C30H28FN9O3. The number of likely N-dealkylation sites (N-methyl/N-ethyl adjacent to an activating group) is 2. The van der Waals surface area contributed by atoms with E-state index in [1.165, 1.54) is 56.9 Å². The van der Waals surface area contributed by atoms with Gasteiger partial charge in [0.2, 0.25) is 5.91 Å². The number of nitrogen functional groups attached to an aromatic ring is 1. The number of imidazole rings is 1. The highest BCUT2D eigenvalue weighted by Crippen LogP contribution is 2.25. The summed E-state index contributed by atoms with van der Waals surface area (Å²) in [6.45, 7) is 0.615. The molecule has 0 saturated carbocycles. The molecule has 0 aliphatic carbocycles. The molecule has 3 N–H and O–H groups in total. The zero-order valence-electron chi connectivity index (χ0n) is 23.6. The molecule has 5 rings (SSSR count). The van der Waals surface area contributed by atoms with E-state index in [1.54, 1.807) is 49.5 Å². The van der Waals surface area contributed by atoms with Gasteiger partial charge < -0.3 is 20.9 Å². The van der Waals surface area contributed by atoms with Gasteiger partial charge >= 0.3 is 5.69 Å². The van der Waals surface area contributed by atoms with Crippen LogP contribution in [0.3, 0.4) is 0 Å². The van der Waals surface area contributed by atoms with E-state index in [0.717, 1.165) is 0 Å². The highest BCUT2D eigenvalue weighted by Gasteiger charge is 2.21. The van der Waals surface area contributed by atoms with Crippen LogP contribution < -0.4 is 21.6 Å². The lowest BCUT2D eigenvalue weighted by molar-refractivity contribution is -0.113. The summed E-state index contributed by atoms with van der Waals surface area (Å²) in [4.78, 5) is 55.0. The second-order valence-electron chi connectivity index (χ2n) is 9.80. The fraction of sp³-hybridized carbons (Fsp3) is 0.133. The third-order valence-electron chi connectivity index (χ3n) is 6.56. The van der Waals surface area contributed by atoms with Crippen molar-refractivity contribution in [1.82, 2.24) is 29.0 Å². The molecule has 43 heavy (non-hydrogen) atoms. The standard InChI is InChI=1S/C30H28FN9O3/c1-37(2)16-6-10-24(41)38(3)21-7-4-8-22(17-21)40-28-25(26(32)34-18-35-28)39(30(40)43)20-13-11-19(12-14-20)29(42)36-27-23(31)9-5-15-33-27/h4-15,17-18H,16H2,1-3H3,(H2,32,34,35)(H,33,36,42). The number of pyridine rings is 1. The first kappa shape index (κ1) is 28.8. The van der Waals surface area contributed by atoms with Crippen LogP contribution in [0.25, 0.3) is 22.5 Å². The third-order valence-corrected chi connectivity index (χ3v) is 6.56. The molecule has 0 saturated heterocycles. The molecule has 2 amide bonds. The van der Waals surface area contributed by atoms with E-state index in [1.807, 2.05) is 19.0 Å². The molecule has 2 aromatic carbocycles. The molecule has 13 heteroatoms. The number of hydrogen-bond acceptors (Lipinski definition) is 8. The number of nitrogens with zero attached hydrogens (tertiary/aromatic N) is 7. The largest absolute Gasteiger partial charge is 0.382 e. The molecule has 0 radical (unpaired) electrons. The summed E-state index contributed by atoms with van der Waals surface area (Å²) < 4.78 is 16.7. The second-order valence-corrected chi connectivity index (χ2v) is 9.80. The lowest BCUT2D eigenvalue weighted by atomic mass is 10.2. The Labute approximate surface area is 245 Å². The topological polar surface area (TPSA) is 144 Å². The summed E-state index contributed by atoms with van der Waals surface area (Å²) >= 11 is 0. The molecule has 3 heterocycles. The number of amides is 2. The van der Waals surface area contributed by atoms with Gasteiger partial charge in [0.15, 0.2) is 23.1 Å². The van der Waals surface area contributed by atoms with Crippen LogP contribution in [-0.4, -0.2) is 68.5 Å². The van der Waals surface area contributed by atoms with Crippen molar-refractivity contribution in [3.63, 3.8) is 0 Å². The van der Waals surface area contributed by atoms with E-state index in [9.17, 15) is 18.8 Å². The molecule has 0 aliphatic heterocycles. The van der Waals surface area contributed by atoms with Crippen LogP contribution >= 0.6 is 0 Å². The monoisotopic (exact) mass is 581 g/mol. The van der Waals surface area contributed by atoms with Crippen molar-refractivity contribution in [2.45, 2.75) is 0 Å². The van der Waals surface area contributed by atoms with Crippen LogP contribution in [0.15, 0.2) is 90.1 Å². The van der Waals surface area contributed by atoms with Gasteiger partial charge in [0.1, 0.15) is 11.8 Å². The molecule has 218 valence electrons. The Hall–Kier alpha value is -5.69. The third kappa shape index (κ3) is 5.87. The normalized spacial score (nSPS) is 11.4. The summed E-state index contributed by atoms with van der Waals surface area (Å²) in [5, 5.41) is 2.43. The SMILES string of the molecule is CN(C)CC=CC(=O)N(C)c1cccc(-n2c(=O)n(-c3ccc(C(=O)Nc4ncccc4F)cc3)c3c(N)ncnc32)c1. The highest BCUT2D eigenvalue weighted by molar-refractivity contribution is 6.04. The minimum atomic E-state index is -0.664. The van der Waals surface area contributed by atoms with Crippen molar-refractivity contribution in [2.24, 2.45) is 0 Å². The van der Waals surface area contributed by atoms with Gasteiger partial charge in [0, 0.05) is 37.1 Å². The summed E-state index contributed by atoms with van der Waals surface area (Å²) in [6, 6.07) is 15.6. The van der Waals surface area contributed by atoms with Gasteiger partial charge in [-0.2, -0.15) is 0 Å². The number of carbonyl (C=O) groups excluding carboxylic acids is 2. The number of benzene rings is 2. The maximum Gasteiger partial charge on any atom is 0.339 e. The lowest BCUT2D eigenvalue weighted by Crippen LogP contribution is -2.25. The summed E-state index contributed by atoms with van der Waals surface area (Å²) in [5.74, 6) is -1.59. The van der Waals surface area contributed by atoms with E-state index in [0.29, 0.717) is 23.6 Å². The van der Waals surface area contributed by atoms with Gasteiger partial charge in [-0.3, -0.25) is 14.2 Å². The van der Waals surface area contributed by atoms with E-state index in [4.69, 9.17) is 5.73 Å². The maximum atomic E-state index is 13.9. The van der Waals surface area contributed by atoms with E-state index >= 15 is 0 Å². The van der Waals surface area contributed by atoms with Crippen molar-refractivity contribution in [3.05, 3.63) is 107 Å². The number of aromatic nitrogens is 5. The molecule has 0 spiro atoms. The van der Waals surface area contributed by atoms with Crippen molar-refractivity contribution in [3.8, 4) is 11.4 Å². The van der Waals surface area contributed by atoms with Crippen molar-refractivity contribution >= 4 is 40.3 Å². The molecule has 0 atom stereocenters. The highest BCUT2D eigenvalue weighted by atomic mass is 19.1. The number of carbonyl (C=O) groups is 2. The van der Waals surface area contributed by atoms with Gasteiger partial charge in [-0.15, -0.1) is 0 Å². The van der Waals surface area contributed by atoms with Gasteiger partial charge in [-0.25, -0.2) is 28.7 Å². The molecular weight excluding hydrogens is 553 g/mol. The summed E-state index contributed by atoms with van der Waals surface area (Å²) in [6.07, 6.45) is 5.89. The first-order valence-electron chi connectivity index (χ1n) is 13.1. The number of hydrogen-bond donors (Lipinski definition) is 2. The first-order valence-corrected chi connectivity index (χ1v) is 13.1. The zero-order chi connectivity index (χ0) is 30.7. The average molecular weight is 582 g/mol. The second kappa shape index (κ2) is 12.0. The van der Waals surface area contributed by atoms with Crippen molar-refractivity contribution in [2.75, 3.05) is 43.6 Å². The number of nitrogens with two attached hydrogens (primary N) is 1. The van der Waals surface area contributed by atoms with Crippen LogP contribution in [0.4, 0.5) is 21.7 Å².